The Balaban J connectivity index is 0.000000858. The first kappa shape index (κ1) is 22.8. The quantitative estimate of drug-likeness (QED) is 0.429. The summed E-state index contributed by atoms with van der Waals surface area (Å²) in [6.07, 6.45) is 5.76. The molecule has 31 heavy (non-hydrogen) atoms. The van der Waals surface area contributed by atoms with Gasteiger partial charge < -0.3 is 4.74 Å². The molecule has 0 unspecified atom stereocenters. The molecule has 3 atom stereocenters. The molecule has 3 aromatic rings. The van der Waals surface area contributed by atoms with Gasteiger partial charge in [0.25, 0.3) is 0 Å². The SMILES string of the molecule is CC(C)Oc1ccc([C@@H]2CC[C@H](C[C@H](C)c3cccc4ccccc34)C2)cc1.O=C=O. The Morgan fingerprint density at radius 1 is 0.903 bits per heavy atom. The third-order valence-electron chi connectivity index (χ3n) is 6.31. The summed E-state index contributed by atoms with van der Waals surface area (Å²) in [5.74, 6) is 3.12. The fourth-order valence-corrected chi connectivity index (χ4v) is 4.99. The average molecular weight is 417 g/mol. The average Bonchev–Trinajstić information content (AvgIpc) is 3.22. The van der Waals surface area contributed by atoms with Gasteiger partial charge in [0, 0.05) is 0 Å². The molecule has 0 aliphatic heterocycles. The molecule has 0 saturated heterocycles. The zero-order valence-corrected chi connectivity index (χ0v) is 18.7. The maximum Gasteiger partial charge on any atom is 0.373 e. The van der Waals surface area contributed by atoms with Gasteiger partial charge in [0.05, 0.1) is 6.10 Å². The molecule has 0 N–H and O–H groups in total. The number of benzene rings is 3. The van der Waals surface area contributed by atoms with Gasteiger partial charge in [-0.3, -0.25) is 0 Å². The van der Waals surface area contributed by atoms with Gasteiger partial charge in [-0.15, -0.1) is 0 Å². The molecule has 3 nitrogen and oxygen atoms in total. The molecule has 0 radical (unpaired) electrons. The van der Waals surface area contributed by atoms with E-state index in [-0.39, 0.29) is 12.3 Å². The van der Waals surface area contributed by atoms with E-state index in [0.717, 1.165) is 11.7 Å². The van der Waals surface area contributed by atoms with Gasteiger partial charge in [-0.25, -0.2) is 0 Å². The van der Waals surface area contributed by atoms with Crippen LogP contribution in [0, 0.1) is 5.92 Å². The van der Waals surface area contributed by atoms with E-state index < -0.39 is 0 Å². The van der Waals surface area contributed by atoms with Crippen molar-refractivity contribution in [3.05, 3.63) is 77.9 Å². The van der Waals surface area contributed by atoms with Crippen LogP contribution in [-0.2, 0) is 9.59 Å². The summed E-state index contributed by atoms with van der Waals surface area (Å²) in [6.45, 7) is 6.56. The van der Waals surface area contributed by atoms with Crippen LogP contribution in [0.1, 0.15) is 69.4 Å². The van der Waals surface area contributed by atoms with E-state index in [4.69, 9.17) is 14.3 Å². The highest BCUT2D eigenvalue weighted by molar-refractivity contribution is 5.86. The standard InChI is InChI=1S/C27H32O.CO2/c1-19(2)28-25-15-13-22(14-16-25)24-12-11-21(18-24)17-20(3)26-10-6-8-23-7-4-5-9-27(23)26;2-1-3/h4-10,13-16,19-21,24H,11-12,17-18H2,1-3H3;/t20-,21+,24+;/m0./s1. The minimum atomic E-state index is 0.234. The molecule has 3 aromatic carbocycles. The molecule has 0 spiro atoms. The van der Waals surface area contributed by atoms with Gasteiger partial charge >= 0.3 is 6.15 Å². The third-order valence-corrected chi connectivity index (χ3v) is 6.31. The summed E-state index contributed by atoms with van der Waals surface area (Å²) in [6, 6.07) is 24.4. The van der Waals surface area contributed by atoms with Crippen molar-refractivity contribution in [1.29, 1.82) is 0 Å². The molecule has 0 aromatic heterocycles. The summed E-state index contributed by atoms with van der Waals surface area (Å²) in [7, 11) is 0. The van der Waals surface area contributed by atoms with Gasteiger partial charge in [-0.1, -0.05) is 61.5 Å². The van der Waals surface area contributed by atoms with E-state index >= 15 is 0 Å². The lowest BCUT2D eigenvalue weighted by Crippen LogP contribution is -2.05. The van der Waals surface area contributed by atoms with Crippen molar-refractivity contribution in [2.45, 2.75) is 64.4 Å². The van der Waals surface area contributed by atoms with Crippen LogP contribution in [0.3, 0.4) is 0 Å². The van der Waals surface area contributed by atoms with E-state index in [9.17, 15) is 0 Å². The second-order valence-corrected chi connectivity index (χ2v) is 8.90. The Hall–Kier alpha value is -2.90. The number of ether oxygens (including phenoxy) is 1. The van der Waals surface area contributed by atoms with Gasteiger partial charge in [-0.2, -0.15) is 9.59 Å². The molecule has 3 heteroatoms. The van der Waals surface area contributed by atoms with Crippen LogP contribution >= 0.6 is 0 Å². The molecule has 162 valence electrons. The number of rotatable bonds is 6. The zero-order chi connectivity index (χ0) is 22.2. The highest BCUT2D eigenvalue weighted by Gasteiger charge is 2.27. The largest absolute Gasteiger partial charge is 0.491 e. The fourth-order valence-electron chi connectivity index (χ4n) is 4.99. The van der Waals surface area contributed by atoms with E-state index in [0.29, 0.717) is 11.8 Å². The first-order chi connectivity index (χ1) is 15.0. The Bertz CT molecular complexity index is 995. The first-order valence-corrected chi connectivity index (χ1v) is 11.2. The van der Waals surface area contributed by atoms with Crippen LogP contribution in [0.25, 0.3) is 10.8 Å². The van der Waals surface area contributed by atoms with E-state index in [2.05, 4.69) is 87.5 Å². The van der Waals surface area contributed by atoms with Crippen LogP contribution in [-0.4, -0.2) is 12.3 Å². The summed E-state index contributed by atoms with van der Waals surface area (Å²) in [5, 5.41) is 2.78. The third kappa shape index (κ3) is 6.06. The molecule has 1 aliphatic carbocycles. The maximum atomic E-state index is 8.12. The fraction of sp³-hybridized carbons (Fsp3) is 0.393. The minimum Gasteiger partial charge on any atom is -0.491 e. The molecule has 0 heterocycles. The molecule has 0 bridgehead atoms. The molecule has 1 saturated carbocycles. The lowest BCUT2D eigenvalue weighted by Gasteiger charge is -2.19. The van der Waals surface area contributed by atoms with Gasteiger partial charge in [0.1, 0.15) is 5.75 Å². The molecule has 0 amide bonds. The van der Waals surface area contributed by atoms with E-state index in [1.807, 2.05) is 0 Å². The minimum absolute atomic E-state index is 0.234. The van der Waals surface area contributed by atoms with Crippen molar-refractivity contribution >= 4 is 16.9 Å². The highest BCUT2D eigenvalue weighted by Crippen LogP contribution is 2.43. The Labute approximate surface area is 185 Å². The van der Waals surface area contributed by atoms with Crippen LogP contribution < -0.4 is 4.74 Å². The molecular formula is C28H32O3. The second kappa shape index (κ2) is 10.9. The number of fused-ring (bicyclic) bond motifs is 1. The van der Waals surface area contributed by atoms with Crippen molar-refractivity contribution < 1.29 is 14.3 Å². The first-order valence-electron chi connectivity index (χ1n) is 11.2. The predicted octanol–water partition coefficient (Wildman–Crippen LogP) is 7.12. The van der Waals surface area contributed by atoms with Crippen molar-refractivity contribution in [1.82, 2.24) is 0 Å². The molecule has 1 fully saturated rings. The lowest BCUT2D eigenvalue weighted by molar-refractivity contribution is -0.191. The van der Waals surface area contributed by atoms with Crippen LogP contribution in [0.15, 0.2) is 66.7 Å². The van der Waals surface area contributed by atoms with Crippen molar-refractivity contribution in [2.75, 3.05) is 0 Å². The molecular weight excluding hydrogens is 384 g/mol. The Morgan fingerprint density at radius 3 is 2.29 bits per heavy atom. The predicted molar refractivity (Wildman–Crippen MR) is 124 cm³/mol. The van der Waals surface area contributed by atoms with Crippen LogP contribution in [0.4, 0.5) is 0 Å². The van der Waals surface area contributed by atoms with Crippen molar-refractivity contribution in [3.63, 3.8) is 0 Å². The van der Waals surface area contributed by atoms with Crippen LogP contribution in [0.2, 0.25) is 0 Å². The summed E-state index contributed by atoms with van der Waals surface area (Å²) < 4.78 is 5.79. The van der Waals surface area contributed by atoms with Crippen LogP contribution in [0.5, 0.6) is 5.75 Å². The maximum absolute atomic E-state index is 8.12. The lowest BCUT2D eigenvalue weighted by atomic mass is 9.86. The monoisotopic (exact) mass is 416 g/mol. The van der Waals surface area contributed by atoms with Crippen molar-refractivity contribution in [2.24, 2.45) is 5.92 Å². The van der Waals surface area contributed by atoms with E-state index in [1.165, 1.54) is 47.6 Å². The second-order valence-electron chi connectivity index (χ2n) is 8.90. The van der Waals surface area contributed by atoms with Crippen molar-refractivity contribution in [3.8, 4) is 5.75 Å². The summed E-state index contributed by atoms with van der Waals surface area (Å²) >= 11 is 0. The zero-order valence-electron chi connectivity index (χ0n) is 18.7. The van der Waals surface area contributed by atoms with Gasteiger partial charge in [-0.05, 0) is 91.3 Å². The number of carbonyl (C=O) groups excluding carboxylic acids is 2. The smallest absolute Gasteiger partial charge is 0.373 e. The van der Waals surface area contributed by atoms with E-state index in [1.54, 1.807) is 0 Å². The Morgan fingerprint density at radius 2 is 1.58 bits per heavy atom. The summed E-state index contributed by atoms with van der Waals surface area (Å²) in [5.41, 5.74) is 2.99. The normalized spacial score (nSPS) is 18.8. The van der Waals surface area contributed by atoms with Gasteiger partial charge in [0.2, 0.25) is 0 Å². The molecule has 1 aliphatic rings. The topological polar surface area (TPSA) is 43.4 Å². The highest BCUT2D eigenvalue weighted by atomic mass is 16.5. The number of hydrogen-bond donors (Lipinski definition) is 0. The van der Waals surface area contributed by atoms with Gasteiger partial charge in [0.15, 0.2) is 0 Å². The molecule has 4 rings (SSSR count). The summed E-state index contributed by atoms with van der Waals surface area (Å²) in [4.78, 5) is 16.2. The number of hydrogen-bond acceptors (Lipinski definition) is 3. The Kier molecular flexibility index (Phi) is 8.03.